The maximum Gasteiger partial charge on any atom is 0.0705 e. The second-order valence-corrected chi connectivity index (χ2v) is 5.93. The third-order valence-corrected chi connectivity index (χ3v) is 4.31. The molecule has 3 rings (SSSR count). The number of benzene rings is 1. The van der Waals surface area contributed by atoms with Gasteiger partial charge >= 0.3 is 0 Å². The topological polar surface area (TPSA) is 12.9 Å². The Morgan fingerprint density at radius 1 is 1.28 bits per heavy atom. The van der Waals surface area contributed by atoms with Crippen LogP contribution in [0.5, 0.6) is 0 Å². The van der Waals surface area contributed by atoms with Gasteiger partial charge in [-0.1, -0.05) is 12.1 Å². The molecule has 2 aromatic rings. The summed E-state index contributed by atoms with van der Waals surface area (Å²) in [5.41, 5.74) is 3.53. The second-order valence-electron chi connectivity index (χ2n) is 5.37. The van der Waals surface area contributed by atoms with E-state index >= 15 is 0 Å². The molecule has 1 aromatic heterocycles. The smallest absolute Gasteiger partial charge is 0.0705 e. The Morgan fingerprint density at radius 2 is 2.11 bits per heavy atom. The maximum absolute atomic E-state index is 6.35. The summed E-state index contributed by atoms with van der Waals surface area (Å²) in [5.74, 6) is 0.788. The van der Waals surface area contributed by atoms with E-state index in [1.54, 1.807) is 0 Å². The number of fused-ring (bicyclic) bond motifs is 1. The quantitative estimate of drug-likeness (QED) is 0.737. The number of halogens is 1. The van der Waals surface area contributed by atoms with Crippen molar-refractivity contribution in [1.29, 1.82) is 0 Å². The maximum atomic E-state index is 6.35. The first-order chi connectivity index (χ1) is 8.72. The molecule has 1 aliphatic rings. The minimum absolute atomic E-state index is 0.372. The van der Waals surface area contributed by atoms with E-state index < -0.39 is 0 Å². The third kappa shape index (κ3) is 2.67. The minimum atomic E-state index is 0.372. The number of nitrogens with zero attached hydrogens (tertiary/aromatic N) is 1. The van der Waals surface area contributed by atoms with Crippen LogP contribution in [0.2, 0.25) is 0 Å². The highest BCUT2D eigenvalue weighted by molar-refractivity contribution is 6.20. The molecule has 1 aliphatic carbocycles. The molecule has 0 radical (unpaired) electrons. The van der Waals surface area contributed by atoms with Crippen molar-refractivity contribution >= 4 is 22.5 Å². The van der Waals surface area contributed by atoms with Crippen molar-refractivity contribution in [3.63, 3.8) is 0 Å². The molecule has 0 N–H and O–H groups in total. The van der Waals surface area contributed by atoms with Crippen LogP contribution >= 0.6 is 11.6 Å². The number of pyridine rings is 1. The number of aryl methyl sites for hydroxylation is 2. The van der Waals surface area contributed by atoms with Crippen LogP contribution in [0.25, 0.3) is 10.9 Å². The predicted octanol–water partition coefficient (Wildman–Crippen LogP) is 4.49. The minimum Gasteiger partial charge on any atom is -0.253 e. The summed E-state index contributed by atoms with van der Waals surface area (Å²) in [5, 5.41) is 1.60. The molecular formula is C16H18ClN. The zero-order valence-corrected chi connectivity index (χ0v) is 11.5. The van der Waals surface area contributed by atoms with E-state index in [1.165, 1.54) is 23.8 Å². The summed E-state index contributed by atoms with van der Waals surface area (Å²) >= 11 is 6.35. The standard InChI is InChI=1S/C16H18ClN/c1-11-2-5-14-10-12(4-9-16(14)18-11)3-8-15(17)13-6-7-13/h2,4-5,9-10,13,15H,3,6-8H2,1H3. The molecule has 2 heteroatoms. The first-order valence-corrected chi connectivity index (χ1v) is 7.16. The lowest BCUT2D eigenvalue weighted by molar-refractivity contribution is 0.677. The average molecular weight is 260 g/mol. The van der Waals surface area contributed by atoms with Gasteiger partial charge in [-0.05, 0) is 62.3 Å². The molecule has 18 heavy (non-hydrogen) atoms. The Kier molecular flexibility index (Phi) is 3.25. The van der Waals surface area contributed by atoms with E-state index in [2.05, 4.69) is 35.3 Å². The lowest BCUT2D eigenvalue weighted by Gasteiger charge is -2.08. The van der Waals surface area contributed by atoms with Crippen LogP contribution < -0.4 is 0 Å². The Morgan fingerprint density at radius 3 is 2.89 bits per heavy atom. The number of alkyl halides is 1. The second kappa shape index (κ2) is 4.89. The highest BCUT2D eigenvalue weighted by Crippen LogP contribution is 2.37. The monoisotopic (exact) mass is 259 g/mol. The molecule has 1 atom stereocenters. The summed E-state index contributed by atoms with van der Waals surface area (Å²) in [6.45, 7) is 2.03. The summed E-state index contributed by atoms with van der Waals surface area (Å²) < 4.78 is 0. The van der Waals surface area contributed by atoms with E-state index in [4.69, 9.17) is 11.6 Å². The molecule has 1 saturated carbocycles. The largest absolute Gasteiger partial charge is 0.253 e. The molecule has 0 spiro atoms. The van der Waals surface area contributed by atoms with Crippen molar-refractivity contribution in [1.82, 2.24) is 4.98 Å². The van der Waals surface area contributed by atoms with Crippen molar-refractivity contribution in [2.24, 2.45) is 5.92 Å². The molecule has 1 heterocycles. The van der Waals surface area contributed by atoms with Gasteiger partial charge in [-0.2, -0.15) is 0 Å². The Labute approximate surface area is 113 Å². The van der Waals surface area contributed by atoms with Gasteiger partial charge in [0, 0.05) is 16.5 Å². The highest BCUT2D eigenvalue weighted by Gasteiger charge is 2.29. The van der Waals surface area contributed by atoms with Gasteiger partial charge in [-0.3, -0.25) is 4.98 Å². The molecule has 0 aliphatic heterocycles. The molecule has 1 unspecified atom stereocenters. The Hall–Kier alpha value is -1.08. The van der Waals surface area contributed by atoms with Gasteiger partial charge in [-0.25, -0.2) is 0 Å². The van der Waals surface area contributed by atoms with Crippen LogP contribution in [0.3, 0.4) is 0 Å². The van der Waals surface area contributed by atoms with E-state index in [0.29, 0.717) is 5.38 Å². The van der Waals surface area contributed by atoms with Crippen LogP contribution in [-0.4, -0.2) is 10.4 Å². The van der Waals surface area contributed by atoms with Gasteiger partial charge in [0.05, 0.1) is 5.52 Å². The SMILES string of the molecule is Cc1ccc2cc(CCC(Cl)C3CC3)ccc2n1. The third-order valence-electron chi connectivity index (χ3n) is 3.74. The van der Waals surface area contributed by atoms with E-state index in [-0.39, 0.29) is 0 Å². The number of hydrogen-bond donors (Lipinski definition) is 0. The highest BCUT2D eigenvalue weighted by atomic mass is 35.5. The average Bonchev–Trinajstić information content (AvgIpc) is 3.20. The molecule has 94 valence electrons. The molecule has 0 saturated heterocycles. The molecule has 0 amide bonds. The van der Waals surface area contributed by atoms with E-state index in [9.17, 15) is 0 Å². The molecular weight excluding hydrogens is 242 g/mol. The number of aromatic nitrogens is 1. The van der Waals surface area contributed by atoms with E-state index in [0.717, 1.165) is 30.0 Å². The van der Waals surface area contributed by atoms with Crippen LogP contribution in [0.4, 0.5) is 0 Å². The van der Waals surface area contributed by atoms with Gasteiger partial charge in [-0.15, -0.1) is 11.6 Å². The van der Waals surface area contributed by atoms with Crippen LogP contribution in [0, 0.1) is 12.8 Å². The fraction of sp³-hybridized carbons (Fsp3) is 0.438. The van der Waals surface area contributed by atoms with Crippen molar-refractivity contribution < 1.29 is 0 Å². The van der Waals surface area contributed by atoms with Crippen molar-refractivity contribution in [2.75, 3.05) is 0 Å². The zero-order valence-electron chi connectivity index (χ0n) is 10.7. The zero-order chi connectivity index (χ0) is 12.5. The fourth-order valence-corrected chi connectivity index (χ4v) is 2.79. The summed E-state index contributed by atoms with van der Waals surface area (Å²) in [7, 11) is 0. The van der Waals surface area contributed by atoms with Crippen LogP contribution in [0.1, 0.15) is 30.5 Å². The van der Waals surface area contributed by atoms with Crippen molar-refractivity contribution in [2.45, 2.75) is 38.0 Å². The molecule has 1 fully saturated rings. The van der Waals surface area contributed by atoms with Gasteiger partial charge in [0.15, 0.2) is 0 Å². The molecule has 1 aromatic carbocycles. The molecule has 0 bridgehead atoms. The van der Waals surface area contributed by atoms with Gasteiger partial charge < -0.3 is 0 Å². The first-order valence-electron chi connectivity index (χ1n) is 6.73. The predicted molar refractivity (Wildman–Crippen MR) is 77.2 cm³/mol. The van der Waals surface area contributed by atoms with Crippen LogP contribution in [0.15, 0.2) is 30.3 Å². The Balaban J connectivity index is 1.74. The van der Waals surface area contributed by atoms with Gasteiger partial charge in [0.1, 0.15) is 0 Å². The van der Waals surface area contributed by atoms with Gasteiger partial charge in [0.25, 0.3) is 0 Å². The normalized spacial score (nSPS) is 17.0. The molecule has 1 nitrogen and oxygen atoms in total. The van der Waals surface area contributed by atoms with E-state index in [1.807, 2.05) is 6.92 Å². The number of hydrogen-bond acceptors (Lipinski definition) is 1. The lowest BCUT2D eigenvalue weighted by atomic mass is 10.0. The summed E-state index contributed by atoms with van der Waals surface area (Å²) in [6, 6.07) is 10.8. The first kappa shape index (κ1) is 12.0. The Bertz CT molecular complexity index is 560. The van der Waals surface area contributed by atoms with Crippen molar-refractivity contribution in [3.05, 3.63) is 41.6 Å². The lowest BCUT2D eigenvalue weighted by Crippen LogP contribution is -2.02. The fourth-order valence-electron chi connectivity index (χ4n) is 2.43. The summed E-state index contributed by atoms with van der Waals surface area (Å²) in [6.07, 6.45) is 4.83. The number of rotatable bonds is 4. The van der Waals surface area contributed by atoms with Crippen molar-refractivity contribution in [3.8, 4) is 0 Å². The summed E-state index contributed by atoms with van der Waals surface area (Å²) in [4.78, 5) is 4.52. The van der Waals surface area contributed by atoms with Gasteiger partial charge in [0.2, 0.25) is 0 Å². The van der Waals surface area contributed by atoms with Crippen LogP contribution in [-0.2, 0) is 6.42 Å².